The lowest BCUT2D eigenvalue weighted by Crippen LogP contribution is -2.00. The Labute approximate surface area is 99.5 Å². The second kappa shape index (κ2) is 5.48. The van der Waals surface area contributed by atoms with E-state index in [4.69, 9.17) is 5.11 Å². The summed E-state index contributed by atoms with van der Waals surface area (Å²) >= 11 is 0.734. The Hall–Kier alpha value is -1.83. The molecule has 0 amide bonds. The van der Waals surface area contributed by atoms with Gasteiger partial charge in [0.15, 0.2) is 11.6 Å². The number of carboxylic acids is 1. The Balaban J connectivity index is 3.14. The molecule has 0 aromatic heterocycles. The quantitative estimate of drug-likeness (QED) is 0.494. The summed E-state index contributed by atoms with van der Waals surface area (Å²) in [6.07, 6.45) is 0. The number of nitrogens with zero attached hydrogens (tertiary/aromatic N) is 1. The molecule has 0 radical (unpaired) electrons. The molecule has 0 heterocycles. The van der Waals surface area contributed by atoms with E-state index in [9.17, 15) is 19.3 Å². The van der Waals surface area contributed by atoms with Gasteiger partial charge < -0.3 is 9.84 Å². The summed E-state index contributed by atoms with van der Waals surface area (Å²) in [4.78, 5) is 20.3. The Morgan fingerprint density at radius 1 is 1.65 bits per heavy atom. The second-order valence-corrected chi connectivity index (χ2v) is 3.91. The Morgan fingerprint density at radius 2 is 2.29 bits per heavy atom. The van der Waals surface area contributed by atoms with Crippen molar-refractivity contribution in [2.75, 3.05) is 12.9 Å². The lowest BCUT2D eigenvalue weighted by molar-refractivity contribution is -0.387. The smallest absolute Gasteiger partial charge is 0.313 e. The van der Waals surface area contributed by atoms with E-state index in [0.717, 1.165) is 17.8 Å². The highest BCUT2D eigenvalue weighted by molar-refractivity contribution is 8.00. The third kappa shape index (κ3) is 3.31. The largest absolute Gasteiger partial charge is 0.494 e. The molecule has 0 saturated carbocycles. The van der Waals surface area contributed by atoms with Crippen LogP contribution in [-0.4, -0.2) is 28.9 Å². The zero-order valence-corrected chi connectivity index (χ0v) is 9.49. The topological polar surface area (TPSA) is 89.7 Å². The van der Waals surface area contributed by atoms with Crippen molar-refractivity contribution in [3.05, 3.63) is 28.1 Å². The predicted molar refractivity (Wildman–Crippen MR) is 58.0 cm³/mol. The maximum absolute atomic E-state index is 13.2. The highest BCUT2D eigenvalue weighted by atomic mass is 32.2. The van der Waals surface area contributed by atoms with Gasteiger partial charge in [-0.1, -0.05) is 0 Å². The number of halogens is 1. The molecule has 0 aliphatic heterocycles. The Kier molecular flexibility index (Phi) is 4.27. The number of nitro benzene ring substituents is 1. The molecule has 0 spiro atoms. The zero-order chi connectivity index (χ0) is 13.0. The predicted octanol–water partition coefficient (Wildman–Crippen LogP) is 1.92. The minimum absolute atomic E-state index is 0.0515. The van der Waals surface area contributed by atoms with Crippen LogP contribution in [0.4, 0.5) is 10.1 Å². The van der Waals surface area contributed by atoms with Crippen LogP contribution >= 0.6 is 11.8 Å². The molecule has 92 valence electrons. The summed E-state index contributed by atoms with van der Waals surface area (Å²) in [7, 11) is 1.22. The fraction of sp³-hybridized carbons (Fsp3) is 0.222. The standard InChI is InChI=1S/C9H8FNO5S/c1-16-7-3-8(17-4-9(12)13)6(11(14)15)2-5(7)10/h2-3H,4H2,1H3,(H,12,13). The molecule has 0 unspecified atom stereocenters. The van der Waals surface area contributed by atoms with E-state index >= 15 is 0 Å². The third-order valence-corrected chi connectivity index (χ3v) is 2.81. The van der Waals surface area contributed by atoms with Crippen LogP contribution in [-0.2, 0) is 4.79 Å². The number of hydrogen-bond acceptors (Lipinski definition) is 5. The molecule has 1 aromatic rings. The maximum atomic E-state index is 13.2. The molecule has 0 aliphatic rings. The molecular weight excluding hydrogens is 253 g/mol. The van der Waals surface area contributed by atoms with Crippen LogP contribution in [0, 0.1) is 15.9 Å². The van der Waals surface area contributed by atoms with E-state index in [0.29, 0.717) is 6.07 Å². The molecule has 17 heavy (non-hydrogen) atoms. The summed E-state index contributed by atoms with van der Waals surface area (Å²) in [5.74, 6) is -2.50. The van der Waals surface area contributed by atoms with Gasteiger partial charge >= 0.3 is 5.97 Å². The van der Waals surface area contributed by atoms with Gasteiger partial charge in [-0.15, -0.1) is 11.8 Å². The van der Waals surface area contributed by atoms with E-state index in [1.807, 2.05) is 0 Å². The lowest BCUT2D eigenvalue weighted by Gasteiger charge is -2.05. The molecule has 0 aliphatic carbocycles. The van der Waals surface area contributed by atoms with E-state index < -0.39 is 22.4 Å². The molecule has 1 rings (SSSR count). The van der Waals surface area contributed by atoms with Gasteiger partial charge in [0.05, 0.1) is 28.7 Å². The molecular formula is C9H8FNO5S. The normalized spacial score (nSPS) is 10.0. The van der Waals surface area contributed by atoms with Gasteiger partial charge in [0.25, 0.3) is 5.69 Å². The average Bonchev–Trinajstić information content (AvgIpc) is 2.26. The fourth-order valence-electron chi connectivity index (χ4n) is 1.08. The van der Waals surface area contributed by atoms with Gasteiger partial charge in [0.2, 0.25) is 0 Å². The molecule has 0 fully saturated rings. The van der Waals surface area contributed by atoms with Gasteiger partial charge in [0.1, 0.15) is 0 Å². The van der Waals surface area contributed by atoms with Crippen LogP contribution in [0.3, 0.4) is 0 Å². The number of methoxy groups -OCH3 is 1. The van der Waals surface area contributed by atoms with Crippen molar-refractivity contribution in [2.24, 2.45) is 0 Å². The van der Waals surface area contributed by atoms with Crippen LogP contribution < -0.4 is 4.74 Å². The third-order valence-electron chi connectivity index (χ3n) is 1.78. The summed E-state index contributed by atoms with van der Waals surface area (Å²) in [6, 6.07) is 1.82. The fourth-order valence-corrected chi connectivity index (χ4v) is 1.83. The van der Waals surface area contributed by atoms with Crippen LogP contribution in [0.2, 0.25) is 0 Å². The Morgan fingerprint density at radius 3 is 2.76 bits per heavy atom. The van der Waals surface area contributed by atoms with Gasteiger partial charge in [0, 0.05) is 6.07 Å². The first-order valence-electron chi connectivity index (χ1n) is 4.32. The zero-order valence-electron chi connectivity index (χ0n) is 8.68. The van der Waals surface area contributed by atoms with E-state index in [1.165, 1.54) is 7.11 Å². The minimum Gasteiger partial charge on any atom is -0.494 e. The number of carbonyl (C=O) groups is 1. The van der Waals surface area contributed by atoms with Crippen LogP contribution in [0.25, 0.3) is 0 Å². The molecule has 0 bridgehead atoms. The van der Waals surface area contributed by atoms with Crippen molar-refractivity contribution < 1.29 is 24.0 Å². The van der Waals surface area contributed by atoms with Crippen LogP contribution in [0.15, 0.2) is 17.0 Å². The number of rotatable bonds is 5. The first kappa shape index (κ1) is 13.2. The van der Waals surface area contributed by atoms with Crippen molar-refractivity contribution >= 4 is 23.4 Å². The highest BCUT2D eigenvalue weighted by Gasteiger charge is 2.20. The molecule has 8 heteroatoms. The summed E-state index contributed by atoms with van der Waals surface area (Å²) in [5, 5.41) is 19.1. The summed E-state index contributed by atoms with van der Waals surface area (Å²) < 4.78 is 17.9. The molecule has 1 aromatic carbocycles. The number of benzene rings is 1. The van der Waals surface area contributed by atoms with E-state index in [1.54, 1.807) is 0 Å². The average molecular weight is 261 g/mol. The minimum atomic E-state index is -1.12. The summed E-state index contributed by atoms with van der Waals surface area (Å²) in [6.45, 7) is 0. The molecule has 0 atom stereocenters. The van der Waals surface area contributed by atoms with Gasteiger partial charge in [-0.25, -0.2) is 4.39 Å². The monoisotopic (exact) mass is 261 g/mol. The number of ether oxygens (including phenoxy) is 1. The van der Waals surface area contributed by atoms with Crippen molar-refractivity contribution in [1.82, 2.24) is 0 Å². The van der Waals surface area contributed by atoms with Crippen LogP contribution in [0.5, 0.6) is 5.75 Å². The van der Waals surface area contributed by atoms with Crippen molar-refractivity contribution in [3.63, 3.8) is 0 Å². The van der Waals surface area contributed by atoms with Crippen LogP contribution in [0.1, 0.15) is 0 Å². The maximum Gasteiger partial charge on any atom is 0.313 e. The number of carboxylic acid groups (broad SMARTS) is 1. The van der Waals surface area contributed by atoms with Gasteiger partial charge in [-0.05, 0) is 0 Å². The van der Waals surface area contributed by atoms with Crippen molar-refractivity contribution in [3.8, 4) is 5.75 Å². The van der Waals surface area contributed by atoms with Crippen molar-refractivity contribution in [2.45, 2.75) is 4.90 Å². The number of hydrogen-bond donors (Lipinski definition) is 1. The second-order valence-electron chi connectivity index (χ2n) is 2.89. The van der Waals surface area contributed by atoms with Crippen molar-refractivity contribution in [1.29, 1.82) is 0 Å². The summed E-state index contributed by atoms with van der Waals surface area (Å²) in [5.41, 5.74) is -0.477. The van der Waals surface area contributed by atoms with E-state index in [2.05, 4.69) is 4.74 Å². The molecule has 6 nitrogen and oxygen atoms in total. The van der Waals surface area contributed by atoms with Gasteiger partial charge in [-0.3, -0.25) is 14.9 Å². The number of thioether (sulfide) groups is 1. The number of nitro groups is 1. The highest BCUT2D eigenvalue weighted by Crippen LogP contribution is 2.34. The first-order chi connectivity index (χ1) is 7.95. The first-order valence-corrected chi connectivity index (χ1v) is 5.30. The SMILES string of the molecule is COc1cc(SCC(=O)O)c([N+](=O)[O-])cc1F. The molecule has 0 saturated heterocycles. The van der Waals surface area contributed by atoms with Gasteiger partial charge in [-0.2, -0.15) is 0 Å². The Bertz CT molecular complexity index is 465. The molecule has 1 N–H and O–H groups in total. The van der Waals surface area contributed by atoms with E-state index in [-0.39, 0.29) is 16.4 Å². The number of aliphatic carboxylic acids is 1. The lowest BCUT2D eigenvalue weighted by atomic mass is 10.3.